The van der Waals surface area contributed by atoms with Gasteiger partial charge in [0, 0.05) is 26.1 Å². The number of ether oxygens (including phenoxy) is 1. The molecule has 13 heavy (non-hydrogen) atoms. The van der Waals surface area contributed by atoms with E-state index in [2.05, 4.69) is 17.7 Å². The lowest BCUT2D eigenvalue weighted by molar-refractivity contribution is 0.00663. The molecule has 1 heterocycles. The highest BCUT2D eigenvalue weighted by Gasteiger charge is 2.18. The number of terminal acetylenes is 1. The maximum Gasteiger partial charge on any atom is 0.0702 e. The summed E-state index contributed by atoms with van der Waals surface area (Å²) in [4.78, 5) is 2.41. The molecule has 1 rings (SSSR count). The topological polar surface area (TPSA) is 12.5 Å². The van der Waals surface area contributed by atoms with Gasteiger partial charge in [-0.1, -0.05) is 0 Å². The second kappa shape index (κ2) is 6.01. The third-order valence-corrected chi connectivity index (χ3v) is 2.44. The van der Waals surface area contributed by atoms with Crippen molar-refractivity contribution in [1.29, 1.82) is 0 Å². The number of nitrogens with zero attached hydrogens (tertiary/aromatic N) is 1. The molecule has 0 spiro atoms. The van der Waals surface area contributed by atoms with Crippen LogP contribution in [-0.2, 0) is 4.74 Å². The van der Waals surface area contributed by atoms with E-state index in [0.29, 0.717) is 6.10 Å². The van der Waals surface area contributed by atoms with E-state index in [0.717, 1.165) is 26.1 Å². The molecule has 2 nitrogen and oxygen atoms in total. The van der Waals surface area contributed by atoms with Gasteiger partial charge in [0.15, 0.2) is 0 Å². The summed E-state index contributed by atoms with van der Waals surface area (Å²) in [7, 11) is 0. The first-order valence-electron chi connectivity index (χ1n) is 5.14. The Bertz CT molecular complexity index is 171. The van der Waals surface area contributed by atoms with Crippen LogP contribution in [0.4, 0.5) is 0 Å². The summed E-state index contributed by atoms with van der Waals surface area (Å²) < 4.78 is 5.60. The van der Waals surface area contributed by atoms with E-state index >= 15 is 0 Å². The molecule has 0 bridgehead atoms. The molecule has 0 aromatic carbocycles. The van der Waals surface area contributed by atoms with Gasteiger partial charge in [0.25, 0.3) is 0 Å². The SMILES string of the molecule is C#CCCN1CCCC(OCC)C1. The van der Waals surface area contributed by atoms with Crippen molar-refractivity contribution < 1.29 is 4.74 Å². The van der Waals surface area contributed by atoms with E-state index in [4.69, 9.17) is 11.2 Å². The van der Waals surface area contributed by atoms with E-state index in [1.54, 1.807) is 0 Å². The zero-order chi connectivity index (χ0) is 9.52. The Kier molecular flexibility index (Phi) is 4.88. The summed E-state index contributed by atoms with van der Waals surface area (Å²) >= 11 is 0. The number of hydrogen-bond acceptors (Lipinski definition) is 2. The quantitative estimate of drug-likeness (QED) is 0.610. The number of hydrogen-bond donors (Lipinski definition) is 0. The van der Waals surface area contributed by atoms with Gasteiger partial charge in [0.2, 0.25) is 0 Å². The second-order valence-corrected chi connectivity index (χ2v) is 3.47. The molecule has 0 amide bonds. The van der Waals surface area contributed by atoms with Gasteiger partial charge in [-0.25, -0.2) is 0 Å². The normalized spacial score (nSPS) is 24.2. The van der Waals surface area contributed by atoms with Crippen LogP contribution >= 0.6 is 0 Å². The maximum absolute atomic E-state index is 5.60. The Morgan fingerprint density at radius 3 is 3.15 bits per heavy atom. The largest absolute Gasteiger partial charge is 0.377 e. The molecule has 1 saturated heterocycles. The zero-order valence-corrected chi connectivity index (χ0v) is 8.46. The third-order valence-electron chi connectivity index (χ3n) is 2.44. The first-order chi connectivity index (χ1) is 6.36. The van der Waals surface area contributed by atoms with Crippen molar-refractivity contribution in [3.8, 4) is 12.3 Å². The summed E-state index contributed by atoms with van der Waals surface area (Å²) in [5.41, 5.74) is 0. The lowest BCUT2D eigenvalue weighted by Gasteiger charge is -2.31. The Morgan fingerprint density at radius 2 is 2.46 bits per heavy atom. The van der Waals surface area contributed by atoms with Crippen LogP contribution in [0.25, 0.3) is 0 Å². The molecule has 0 aromatic heterocycles. The smallest absolute Gasteiger partial charge is 0.0702 e. The van der Waals surface area contributed by atoms with Crippen molar-refractivity contribution in [2.75, 3.05) is 26.2 Å². The average molecular weight is 181 g/mol. The summed E-state index contributed by atoms with van der Waals surface area (Å²) in [5, 5.41) is 0. The van der Waals surface area contributed by atoms with Crippen LogP contribution in [0, 0.1) is 12.3 Å². The van der Waals surface area contributed by atoms with Gasteiger partial charge in [0.05, 0.1) is 6.10 Å². The van der Waals surface area contributed by atoms with Crippen molar-refractivity contribution in [2.24, 2.45) is 0 Å². The van der Waals surface area contributed by atoms with E-state index in [9.17, 15) is 0 Å². The molecule has 74 valence electrons. The van der Waals surface area contributed by atoms with Crippen LogP contribution in [0.1, 0.15) is 26.2 Å². The van der Waals surface area contributed by atoms with Crippen molar-refractivity contribution in [2.45, 2.75) is 32.3 Å². The Labute approximate surface area is 81.3 Å². The second-order valence-electron chi connectivity index (χ2n) is 3.47. The summed E-state index contributed by atoms with van der Waals surface area (Å²) in [6, 6.07) is 0. The predicted octanol–water partition coefficient (Wildman–Crippen LogP) is 1.51. The van der Waals surface area contributed by atoms with Gasteiger partial charge < -0.3 is 4.74 Å². The highest BCUT2D eigenvalue weighted by molar-refractivity contribution is 4.86. The molecule has 2 heteroatoms. The minimum Gasteiger partial charge on any atom is -0.377 e. The van der Waals surface area contributed by atoms with E-state index in [-0.39, 0.29) is 0 Å². The molecule has 0 saturated carbocycles. The predicted molar refractivity (Wildman–Crippen MR) is 54.5 cm³/mol. The van der Waals surface area contributed by atoms with Crippen LogP contribution in [0.5, 0.6) is 0 Å². The van der Waals surface area contributed by atoms with Gasteiger partial charge in [-0.2, -0.15) is 0 Å². The molecule has 1 aliphatic rings. The van der Waals surface area contributed by atoms with Gasteiger partial charge >= 0.3 is 0 Å². The van der Waals surface area contributed by atoms with Crippen LogP contribution in [0.2, 0.25) is 0 Å². The molecule has 1 atom stereocenters. The standard InChI is InChI=1S/C11H19NO/c1-3-5-8-12-9-6-7-11(10-12)13-4-2/h1,11H,4-10H2,2H3. The maximum atomic E-state index is 5.60. The first-order valence-corrected chi connectivity index (χ1v) is 5.14. The summed E-state index contributed by atoms with van der Waals surface area (Å²) in [5.74, 6) is 2.68. The lowest BCUT2D eigenvalue weighted by Crippen LogP contribution is -2.40. The Balaban J connectivity index is 2.21. The monoisotopic (exact) mass is 181 g/mol. The Hall–Kier alpha value is -0.520. The van der Waals surface area contributed by atoms with Crippen molar-refractivity contribution in [3.05, 3.63) is 0 Å². The molecule has 0 radical (unpaired) electrons. The van der Waals surface area contributed by atoms with Gasteiger partial charge in [-0.05, 0) is 26.3 Å². The van der Waals surface area contributed by atoms with Crippen LogP contribution < -0.4 is 0 Å². The van der Waals surface area contributed by atoms with Crippen LogP contribution in [0.15, 0.2) is 0 Å². The fraction of sp³-hybridized carbons (Fsp3) is 0.818. The molecule has 1 aliphatic heterocycles. The highest BCUT2D eigenvalue weighted by Crippen LogP contribution is 2.12. The van der Waals surface area contributed by atoms with Crippen molar-refractivity contribution in [3.63, 3.8) is 0 Å². The molecule has 0 aromatic rings. The van der Waals surface area contributed by atoms with Gasteiger partial charge in [-0.15, -0.1) is 12.3 Å². The fourth-order valence-electron chi connectivity index (χ4n) is 1.81. The third kappa shape index (κ3) is 3.80. The molecule has 1 unspecified atom stereocenters. The van der Waals surface area contributed by atoms with Gasteiger partial charge in [-0.3, -0.25) is 4.90 Å². The minimum atomic E-state index is 0.441. The Morgan fingerprint density at radius 1 is 1.62 bits per heavy atom. The molecule has 0 aliphatic carbocycles. The van der Waals surface area contributed by atoms with E-state index < -0.39 is 0 Å². The average Bonchev–Trinajstić information content (AvgIpc) is 2.16. The van der Waals surface area contributed by atoms with E-state index in [1.165, 1.54) is 19.4 Å². The number of rotatable bonds is 4. The molecule has 0 N–H and O–H groups in total. The molecular formula is C11H19NO. The van der Waals surface area contributed by atoms with Crippen molar-refractivity contribution >= 4 is 0 Å². The van der Waals surface area contributed by atoms with Crippen molar-refractivity contribution in [1.82, 2.24) is 4.90 Å². The van der Waals surface area contributed by atoms with Crippen LogP contribution in [0.3, 0.4) is 0 Å². The van der Waals surface area contributed by atoms with Gasteiger partial charge in [0.1, 0.15) is 0 Å². The van der Waals surface area contributed by atoms with E-state index in [1.807, 2.05) is 0 Å². The molecular weight excluding hydrogens is 162 g/mol. The number of likely N-dealkylation sites (tertiary alicyclic amines) is 1. The van der Waals surface area contributed by atoms with Crippen LogP contribution in [-0.4, -0.2) is 37.2 Å². The number of piperidine rings is 1. The first kappa shape index (κ1) is 10.6. The minimum absolute atomic E-state index is 0.441. The molecule has 1 fully saturated rings. The summed E-state index contributed by atoms with van der Waals surface area (Å²) in [6.07, 6.45) is 8.99. The lowest BCUT2D eigenvalue weighted by atomic mass is 10.1. The summed E-state index contributed by atoms with van der Waals surface area (Å²) in [6.45, 7) is 6.16. The highest BCUT2D eigenvalue weighted by atomic mass is 16.5. The fourth-order valence-corrected chi connectivity index (χ4v) is 1.81. The zero-order valence-electron chi connectivity index (χ0n) is 8.46.